The third-order valence-electron chi connectivity index (χ3n) is 2.91. The molecule has 0 aromatic heterocycles. The summed E-state index contributed by atoms with van der Waals surface area (Å²) < 4.78 is 28.3. The Balaban J connectivity index is 2.31. The zero-order chi connectivity index (χ0) is 12.7. The number of sulfone groups is 1. The lowest BCUT2D eigenvalue weighted by atomic mass is 10.1. The second-order valence-corrected chi connectivity index (χ2v) is 7.76. The fraction of sp³-hybridized carbons (Fsp3) is 1.00. The number of nitrogens with two attached hydrogens (primary N) is 1. The van der Waals surface area contributed by atoms with Crippen molar-refractivity contribution in [1.29, 1.82) is 0 Å². The van der Waals surface area contributed by atoms with E-state index in [2.05, 4.69) is 5.43 Å². The molecule has 102 valence electrons. The fourth-order valence-electron chi connectivity index (χ4n) is 1.78. The van der Waals surface area contributed by atoms with Crippen LogP contribution >= 0.6 is 11.8 Å². The van der Waals surface area contributed by atoms with Crippen molar-refractivity contribution in [3.05, 3.63) is 0 Å². The summed E-state index contributed by atoms with van der Waals surface area (Å²) in [5, 5.41) is 0. The van der Waals surface area contributed by atoms with Crippen LogP contribution in [0.3, 0.4) is 0 Å². The Labute approximate surface area is 108 Å². The van der Waals surface area contributed by atoms with Gasteiger partial charge in [-0.15, -0.1) is 0 Å². The molecule has 1 aliphatic heterocycles. The van der Waals surface area contributed by atoms with Crippen molar-refractivity contribution in [2.75, 3.05) is 29.6 Å². The molecule has 0 amide bonds. The number of hydrazine groups is 1. The second-order valence-electron chi connectivity index (χ2n) is 4.14. The Bertz CT molecular complexity index is 303. The van der Waals surface area contributed by atoms with E-state index in [0.29, 0.717) is 6.42 Å². The lowest BCUT2D eigenvalue weighted by Gasteiger charge is -2.29. The van der Waals surface area contributed by atoms with Crippen LogP contribution in [0, 0.1) is 0 Å². The number of rotatable bonds is 7. The van der Waals surface area contributed by atoms with Crippen LogP contribution in [0.25, 0.3) is 0 Å². The monoisotopic (exact) mass is 282 g/mol. The molecule has 0 spiro atoms. The molecule has 17 heavy (non-hydrogen) atoms. The highest BCUT2D eigenvalue weighted by molar-refractivity contribution is 7.99. The van der Waals surface area contributed by atoms with Crippen molar-refractivity contribution >= 4 is 21.6 Å². The predicted molar refractivity (Wildman–Crippen MR) is 71.7 cm³/mol. The molecular formula is C10H22N2O3S2. The van der Waals surface area contributed by atoms with Gasteiger partial charge in [0.2, 0.25) is 0 Å². The molecule has 1 fully saturated rings. The van der Waals surface area contributed by atoms with E-state index < -0.39 is 9.84 Å². The van der Waals surface area contributed by atoms with E-state index in [0.717, 1.165) is 24.5 Å². The normalized spacial score (nSPS) is 23.5. The van der Waals surface area contributed by atoms with E-state index in [4.69, 9.17) is 10.6 Å². The summed E-state index contributed by atoms with van der Waals surface area (Å²) in [5.74, 6) is 7.90. The van der Waals surface area contributed by atoms with Gasteiger partial charge in [-0.1, -0.05) is 6.92 Å². The third kappa shape index (κ3) is 5.56. The summed E-state index contributed by atoms with van der Waals surface area (Å²) in [7, 11) is -2.87. The fourth-order valence-corrected chi connectivity index (χ4v) is 3.62. The lowest BCUT2D eigenvalue weighted by molar-refractivity contribution is 0.0447. The van der Waals surface area contributed by atoms with Gasteiger partial charge in [-0.2, -0.15) is 11.8 Å². The van der Waals surface area contributed by atoms with Gasteiger partial charge in [-0.05, 0) is 12.8 Å². The SMILES string of the molecule is CCS(=O)(=O)CCCC(NN)C1CSCCO1. The topological polar surface area (TPSA) is 81.4 Å². The highest BCUT2D eigenvalue weighted by atomic mass is 32.2. The smallest absolute Gasteiger partial charge is 0.150 e. The molecule has 1 rings (SSSR count). The Kier molecular flexibility index (Phi) is 6.79. The van der Waals surface area contributed by atoms with Crippen molar-refractivity contribution < 1.29 is 13.2 Å². The van der Waals surface area contributed by atoms with Gasteiger partial charge in [0.25, 0.3) is 0 Å². The summed E-state index contributed by atoms with van der Waals surface area (Å²) >= 11 is 1.85. The van der Waals surface area contributed by atoms with E-state index in [9.17, 15) is 8.42 Å². The zero-order valence-corrected chi connectivity index (χ0v) is 11.9. The summed E-state index contributed by atoms with van der Waals surface area (Å²) in [5.41, 5.74) is 2.74. The first-order chi connectivity index (χ1) is 8.09. The molecule has 1 heterocycles. The van der Waals surface area contributed by atoms with Crippen molar-refractivity contribution in [2.24, 2.45) is 5.84 Å². The number of hydrogen-bond donors (Lipinski definition) is 2. The van der Waals surface area contributed by atoms with Crippen LogP contribution in [-0.4, -0.2) is 50.2 Å². The van der Waals surface area contributed by atoms with Gasteiger partial charge >= 0.3 is 0 Å². The van der Waals surface area contributed by atoms with Gasteiger partial charge in [-0.3, -0.25) is 11.3 Å². The van der Waals surface area contributed by atoms with Crippen LogP contribution in [0.15, 0.2) is 0 Å². The standard InChI is InChI=1S/C10H22N2O3S2/c1-2-17(13,14)7-3-4-9(12-11)10-8-16-6-5-15-10/h9-10,12H,2-8,11H2,1H3. The van der Waals surface area contributed by atoms with Crippen LogP contribution < -0.4 is 11.3 Å². The van der Waals surface area contributed by atoms with Crippen LogP contribution in [0.2, 0.25) is 0 Å². The van der Waals surface area contributed by atoms with Crippen molar-refractivity contribution in [3.8, 4) is 0 Å². The second kappa shape index (κ2) is 7.58. The average molecular weight is 282 g/mol. The summed E-state index contributed by atoms with van der Waals surface area (Å²) in [6, 6.07) is 0.0508. The Morgan fingerprint density at radius 3 is 2.88 bits per heavy atom. The molecule has 0 aliphatic carbocycles. The largest absolute Gasteiger partial charge is 0.375 e. The summed E-state index contributed by atoms with van der Waals surface area (Å²) in [6.07, 6.45) is 1.47. The van der Waals surface area contributed by atoms with E-state index in [1.165, 1.54) is 0 Å². The number of ether oxygens (including phenoxy) is 1. The number of thioether (sulfide) groups is 1. The minimum absolute atomic E-state index is 0.0508. The van der Waals surface area contributed by atoms with Gasteiger partial charge in [-0.25, -0.2) is 8.42 Å². The van der Waals surface area contributed by atoms with E-state index in [1.54, 1.807) is 6.92 Å². The highest BCUT2D eigenvalue weighted by Gasteiger charge is 2.24. The molecule has 0 aromatic carbocycles. The molecule has 0 aromatic rings. The van der Waals surface area contributed by atoms with Crippen molar-refractivity contribution in [3.63, 3.8) is 0 Å². The molecule has 1 aliphatic rings. The van der Waals surface area contributed by atoms with Crippen LogP contribution in [0.1, 0.15) is 19.8 Å². The van der Waals surface area contributed by atoms with Gasteiger partial charge < -0.3 is 4.74 Å². The number of nitrogens with one attached hydrogen (secondary N) is 1. The lowest BCUT2D eigenvalue weighted by Crippen LogP contribution is -2.48. The Morgan fingerprint density at radius 2 is 2.35 bits per heavy atom. The highest BCUT2D eigenvalue weighted by Crippen LogP contribution is 2.17. The maximum absolute atomic E-state index is 11.4. The average Bonchev–Trinajstić information content (AvgIpc) is 2.36. The molecule has 0 radical (unpaired) electrons. The molecule has 2 atom stereocenters. The first-order valence-electron chi connectivity index (χ1n) is 5.95. The van der Waals surface area contributed by atoms with Gasteiger partial charge in [0.15, 0.2) is 0 Å². The molecule has 0 saturated carbocycles. The van der Waals surface area contributed by atoms with Crippen molar-refractivity contribution in [2.45, 2.75) is 31.9 Å². The van der Waals surface area contributed by atoms with Crippen LogP contribution in [0.5, 0.6) is 0 Å². The number of hydrogen-bond acceptors (Lipinski definition) is 6. The van der Waals surface area contributed by atoms with Gasteiger partial charge in [0.1, 0.15) is 9.84 Å². The summed E-state index contributed by atoms with van der Waals surface area (Å²) in [4.78, 5) is 0. The quantitative estimate of drug-likeness (QED) is 0.511. The van der Waals surface area contributed by atoms with E-state index >= 15 is 0 Å². The summed E-state index contributed by atoms with van der Waals surface area (Å²) in [6.45, 7) is 2.43. The van der Waals surface area contributed by atoms with Gasteiger partial charge in [0.05, 0.1) is 18.5 Å². The maximum Gasteiger partial charge on any atom is 0.150 e. The third-order valence-corrected chi connectivity index (χ3v) is 5.72. The van der Waals surface area contributed by atoms with Crippen LogP contribution in [-0.2, 0) is 14.6 Å². The minimum Gasteiger partial charge on any atom is -0.375 e. The first-order valence-corrected chi connectivity index (χ1v) is 8.92. The molecule has 2 unspecified atom stereocenters. The van der Waals surface area contributed by atoms with Crippen LogP contribution in [0.4, 0.5) is 0 Å². The molecule has 7 heteroatoms. The Morgan fingerprint density at radius 1 is 1.59 bits per heavy atom. The Hall–Kier alpha value is 0.180. The molecule has 0 bridgehead atoms. The molecular weight excluding hydrogens is 260 g/mol. The minimum atomic E-state index is -2.87. The zero-order valence-electron chi connectivity index (χ0n) is 10.2. The predicted octanol–water partition coefficient (Wildman–Crippen LogP) is 0.165. The molecule has 1 saturated heterocycles. The van der Waals surface area contributed by atoms with Crippen molar-refractivity contribution in [1.82, 2.24) is 5.43 Å². The first kappa shape index (κ1) is 15.2. The molecule has 5 nitrogen and oxygen atoms in total. The molecule has 3 N–H and O–H groups in total. The van der Waals surface area contributed by atoms with E-state index in [-0.39, 0.29) is 23.7 Å². The van der Waals surface area contributed by atoms with E-state index in [1.807, 2.05) is 11.8 Å². The maximum atomic E-state index is 11.4. The van der Waals surface area contributed by atoms with Gasteiger partial charge in [0, 0.05) is 23.3 Å².